The quantitative estimate of drug-likeness (QED) is 0.783. The molecule has 24 heavy (non-hydrogen) atoms. The summed E-state index contributed by atoms with van der Waals surface area (Å²) in [6.45, 7) is 5.72. The number of nitrogens with zero attached hydrogens (tertiary/aromatic N) is 5. The van der Waals surface area contributed by atoms with Crippen LogP contribution in [0.3, 0.4) is 0 Å². The Morgan fingerprint density at radius 2 is 2.12 bits per heavy atom. The largest absolute Gasteiger partial charge is 0.352 e. The van der Waals surface area contributed by atoms with Crippen molar-refractivity contribution in [2.45, 2.75) is 19.9 Å². The second-order valence-corrected chi connectivity index (χ2v) is 7.31. The summed E-state index contributed by atoms with van der Waals surface area (Å²) < 4.78 is 1.63. The molecule has 1 aliphatic rings. The summed E-state index contributed by atoms with van der Waals surface area (Å²) >= 11 is 1.70. The Bertz CT molecular complexity index is 924. The van der Waals surface area contributed by atoms with Crippen molar-refractivity contribution in [3.8, 4) is 0 Å². The van der Waals surface area contributed by atoms with Gasteiger partial charge in [0.15, 0.2) is 0 Å². The molecule has 0 bridgehead atoms. The van der Waals surface area contributed by atoms with Crippen LogP contribution in [0.1, 0.15) is 20.9 Å². The molecule has 4 rings (SSSR count). The van der Waals surface area contributed by atoms with Crippen molar-refractivity contribution in [1.82, 2.24) is 25.1 Å². The lowest BCUT2D eigenvalue weighted by Gasteiger charge is -2.40. The van der Waals surface area contributed by atoms with Crippen molar-refractivity contribution in [3.63, 3.8) is 0 Å². The highest BCUT2D eigenvalue weighted by atomic mass is 32.1. The number of hydrogen-bond acceptors (Lipinski definition) is 6. The standard InChI is InChI=1S/C16H18N6OS/c1-9-10(2)24-16-13(9)14(17-8-18-16)22-6-11(7-22)19-15(23)12-4-5-21(3)20-12/h4-5,8,11H,6-7H2,1-3H3,(H,19,23). The van der Waals surface area contributed by atoms with Crippen molar-refractivity contribution in [2.24, 2.45) is 7.05 Å². The molecule has 0 aliphatic carbocycles. The van der Waals surface area contributed by atoms with E-state index in [2.05, 4.69) is 39.1 Å². The third kappa shape index (κ3) is 2.43. The molecule has 0 radical (unpaired) electrons. The zero-order valence-corrected chi connectivity index (χ0v) is 14.6. The number of thiophene rings is 1. The highest BCUT2D eigenvalue weighted by Crippen LogP contribution is 2.35. The van der Waals surface area contributed by atoms with E-state index in [9.17, 15) is 4.79 Å². The molecule has 0 unspecified atom stereocenters. The monoisotopic (exact) mass is 342 g/mol. The van der Waals surface area contributed by atoms with Gasteiger partial charge in [-0.2, -0.15) is 5.10 Å². The summed E-state index contributed by atoms with van der Waals surface area (Å²) in [6, 6.07) is 1.83. The zero-order chi connectivity index (χ0) is 16.8. The average Bonchev–Trinajstić information content (AvgIpc) is 3.07. The van der Waals surface area contributed by atoms with Gasteiger partial charge in [-0.05, 0) is 25.5 Å². The van der Waals surface area contributed by atoms with Crippen LogP contribution in [0.4, 0.5) is 5.82 Å². The molecule has 1 amide bonds. The van der Waals surface area contributed by atoms with Crippen molar-refractivity contribution < 1.29 is 4.79 Å². The predicted molar refractivity (Wildman–Crippen MR) is 93.6 cm³/mol. The highest BCUT2D eigenvalue weighted by molar-refractivity contribution is 7.18. The van der Waals surface area contributed by atoms with Gasteiger partial charge >= 0.3 is 0 Å². The van der Waals surface area contributed by atoms with Crippen LogP contribution in [0.2, 0.25) is 0 Å². The molecular formula is C16H18N6OS. The number of nitrogens with one attached hydrogen (secondary N) is 1. The Kier molecular flexibility index (Phi) is 3.49. The lowest BCUT2D eigenvalue weighted by Crippen LogP contribution is -2.59. The van der Waals surface area contributed by atoms with Crippen molar-refractivity contribution in [2.75, 3.05) is 18.0 Å². The molecule has 8 heteroatoms. The van der Waals surface area contributed by atoms with Crippen LogP contribution in [0.25, 0.3) is 10.2 Å². The highest BCUT2D eigenvalue weighted by Gasteiger charge is 2.31. The van der Waals surface area contributed by atoms with Gasteiger partial charge in [0.2, 0.25) is 0 Å². The number of amides is 1. The van der Waals surface area contributed by atoms with E-state index in [1.165, 1.54) is 10.4 Å². The van der Waals surface area contributed by atoms with Gasteiger partial charge < -0.3 is 10.2 Å². The van der Waals surface area contributed by atoms with Crippen LogP contribution in [-0.2, 0) is 7.05 Å². The van der Waals surface area contributed by atoms with E-state index in [1.54, 1.807) is 41.7 Å². The molecule has 1 N–H and O–H groups in total. The SMILES string of the molecule is Cc1sc2ncnc(N3CC(NC(=O)c4ccn(C)n4)C3)c2c1C. The van der Waals surface area contributed by atoms with Crippen LogP contribution in [0.15, 0.2) is 18.6 Å². The maximum atomic E-state index is 12.1. The molecule has 0 aromatic carbocycles. The molecule has 7 nitrogen and oxygen atoms in total. The van der Waals surface area contributed by atoms with Crippen molar-refractivity contribution >= 4 is 33.3 Å². The zero-order valence-electron chi connectivity index (χ0n) is 13.8. The van der Waals surface area contributed by atoms with E-state index in [-0.39, 0.29) is 11.9 Å². The van der Waals surface area contributed by atoms with Gasteiger partial charge in [0, 0.05) is 31.2 Å². The molecule has 0 spiro atoms. The molecule has 1 fully saturated rings. The normalized spacial score (nSPS) is 14.9. The van der Waals surface area contributed by atoms with Crippen LogP contribution >= 0.6 is 11.3 Å². The van der Waals surface area contributed by atoms with E-state index in [0.717, 1.165) is 29.1 Å². The van der Waals surface area contributed by atoms with Crippen LogP contribution in [0, 0.1) is 13.8 Å². The molecule has 4 heterocycles. The van der Waals surface area contributed by atoms with E-state index >= 15 is 0 Å². The maximum absolute atomic E-state index is 12.1. The predicted octanol–water partition coefficient (Wildman–Crippen LogP) is 1.66. The fourth-order valence-electron chi connectivity index (χ4n) is 2.94. The molecule has 1 saturated heterocycles. The van der Waals surface area contributed by atoms with Crippen LogP contribution in [0.5, 0.6) is 0 Å². The van der Waals surface area contributed by atoms with Crippen molar-refractivity contribution in [3.05, 3.63) is 34.7 Å². The number of carbonyl (C=O) groups is 1. The third-order valence-corrected chi connectivity index (χ3v) is 5.52. The fourth-order valence-corrected chi connectivity index (χ4v) is 3.93. The first-order valence-corrected chi connectivity index (χ1v) is 8.60. The number of carbonyl (C=O) groups excluding carboxylic acids is 1. The van der Waals surface area contributed by atoms with Gasteiger partial charge in [-0.15, -0.1) is 11.3 Å². The smallest absolute Gasteiger partial charge is 0.272 e. The van der Waals surface area contributed by atoms with E-state index in [4.69, 9.17) is 0 Å². The second-order valence-electron chi connectivity index (χ2n) is 6.11. The second kappa shape index (κ2) is 5.55. The Balaban J connectivity index is 1.47. The minimum atomic E-state index is -0.129. The van der Waals surface area contributed by atoms with Gasteiger partial charge in [0.05, 0.1) is 11.4 Å². The number of hydrogen-bond donors (Lipinski definition) is 1. The van der Waals surface area contributed by atoms with E-state index < -0.39 is 0 Å². The minimum Gasteiger partial charge on any atom is -0.352 e. The van der Waals surface area contributed by atoms with Gasteiger partial charge in [-0.25, -0.2) is 9.97 Å². The Hall–Kier alpha value is -2.48. The summed E-state index contributed by atoms with van der Waals surface area (Å²) in [5.41, 5.74) is 1.69. The van der Waals surface area contributed by atoms with Gasteiger partial charge in [-0.1, -0.05) is 0 Å². The Labute approximate surface area is 143 Å². The van der Waals surface area contributed by atoms with Gasteiger partial charge in [0.25, 0.3) is 5.91 Å². The first-order valence-electron chi connectivity index (χ1n) is 7.79. The summed E-state index contributed by atoms with van der Waals surface area (Å²) in [5.74, 6) is 0.834. The first-order chi connectivity index (χ1) is 11.5. The first kappa shape index (κ1) is 15.1. The summed E-state index contributed by atoms with van der Waals surface area (Å²) in [7, 11) is 1.80. The lowest BCUT2D eigenvalue weighted by atomic mass is 10.1. The molecule has 124 valence electrons. The number of rotatable bonds is 3. The summed E-state index contributed by atoms with van der Waals surface area (Å²) in [4.78, 5) is 25.5. The molecule has 1 aliphatic heterocycles. The van der Waals surface area contributed by atoms with Crippen LogP contribution < -0.4 is 10.2 Å². The number of aryl methyl sites for hydroxylation is 3. The van der Waals surface area contributed by atoms with Crippen molar-refractivity contribution in [1.29, 1.82) is 0 Å². The number of aromatic nitrogens is 4. The average molecular weight is 342 g/mol. The van der Waals surface area contributed by atoms with Gasteiger partial charge in [-0.3, -0.25) is 9.48 Å². The topological polar surface area (TPSA) is 75.9 Å². The lowest BCUT2D eigenvalue weighted by molar-refractivity contribution is 0.0924. The Morgan fingerprint density at radius 1 is 1.33 bits per heavy atom. The summed E-state index contributed by atoms with van der Waals surface area (Å²) in [6.07, 6.45) is 3.38. The molecule has 3 aromatic heterocycles. The van der Waals surface area contributed by atoms with E-state index in [1.807, 2.05) is 0 Å². The van der Waals surface area contributed by atoms with Gasteiger partial charge in [0.1, 0.15) is 22.7 Å². The Morgan fingerprint density at radius 3 is 2.83 bits per heavy atom. The molecule has 0 atom stereocenters. The minimum absolute atomic E-state index is 0.115. The molecule has 0 saturated carbocycles. The maximum Gasteiger partial charge on any atom is 0.272 e. The fraction of sp³-hybridized carbons (Fsp3) is 0.375. The summed E-state index contributed by atoms with van der Waals surface area (Å²) in [5, 5.41) is 8.28. The number of anilines is 1. The van der Waals surface area contributed by atoms with E-state index in [0.29, 0.717) is 5.69 Å². The molecule has 3 aromatic rings. The third-order valence-electron chi connectivity index (χ3n) is 4.41. The van der Waals surface area contributed by atoms with Crippen LogP contribution in [-0.4, -0.2) is 44.8 Å². The molecular weight excluding hydrogens is 324 g/mol. The number of fused-ring (bicyclic) bond motifs is 1.